The Bertz CT molecular complexity index is 549. The highest BCUT2D eigenvalue weighted by molar-refractivity contribution is 5.79. The van der Waals surface area contributed by atoms with Gasteiger partial charge in [0.2, 0.25) is 0 Å². The van der Waals surface area contributed by atoms with Crippen molar-refractivity contribution in [3.05, 3.63) is 42.1 Å². The standard InChI is InChI=1S/C14H14N2/c1-2-13(15)8-6-11-5-7-12-4-3-9-16-14(12)10-11/h3-5,7,9-10,13H,2,15H2,1H3. The normalized spacial score (nSPS) is 11.9. The Morgan fingerprint density at radius 1 is 1.38 bits per heavy atom. The molecule has 0 radical (unpaired) electrons. The maximum atomic E-state index is 5.74. The molecule has 0 spiro atoms. The third kappa shape index (κ3) is 2.39. The lowest BCUT2D eigenvalue weighted by atomic mass is 10.1. The number of aromatic nitrogens is 1. The Balaban J connectivity index is 2.35. The van der Waals surface area contributed by atoms with Gasteiger partial charge in [-0.3, -0.25) is 4.98 Å². The van der Waals surface area contributed by atoms with Crippen LogP contribution >= 0.6 is 0 Å². The van der Waals surface area contributed by atoms with Crippen molar-refractivity contribution in [3.63, 3.8) is 0 Å². The van der Waals surface area contributed by atoms with Crippen LogP contribution < -0.4 is 5.73 Å². The number of nitrogens with zero attached hydrogens (tertiary/aromatic N) is 1. The number of fused-ring (bicyclic) bond motifs is 1. The van der Waals surface area contributed by atoms with Crippen LogP contribution in [-0.4, -0.2) is 11.0 Å². The van der Waals surface area contributed by atoms with Crippen LogP contribution in [0.5, 0.6) is 0 Å². The van der Waals surface area contributed by atoms with Gasteiger partial charge in [-0.25, -0.2) is 0 Å². The molecule has 2 rings (SSSR count). The molecule has 1 atom stereocenters. The second-order valence-electron chi connectivity index (χ2n) is 3.69. The molecule has 0 aliphatic rings. The Labute approximate surface area is 95.5 Å². The average Bonchev–Trinajstić information content (AvgIpc) is 2.35. The molecule has 0 bridgehead atoms. The average molecular weight is 210 g/mol. The number of pyridine rings is 1. The van der Waals surface area contributed by atoms with E-state index in [2.05, 4.69) is 16.8 Å². The van der Waals surface area contributed by atoms with Crippen molar-refractivity contribution in [2.24, 2.45) is 5.73 Å². The summed E-state index contributed by atoms with van der Waals surface area (Å²) in [5.41, 5.74) is 7.68. The second kappa shape index (κ2) is 4.78. The first kappa shape index (κ1) is 10.7. The SMILES string of the molecule is CCC(N)C#Cc1ccc2cccnc2c1. The highest BCUT2D eigenvalue weighted by Gasteiger charge is 1.95. The maximum absolute atomic E-state index is 5.74. The summed E-state index contributed by atoms with van der Waals surface area (Å²) in [5.74, 6) is 6.09. The van der Waals surface area contributed by atoms with Crippen molar-refractivity contribution in [1.29, 1.82) is 0 Å². The van der Waals surface area contributed by atoms with Gasteiger partial charge >= 0.3 is 0 Å². The molecule has 2 N–H and O–H groups in total. The quantitative estimate of drug-likeness (QED) is 0.734. The summed E-state index contributed by atoms with van der Waals surface area (Å²) in [6, 6.07) is 9.95. The summed E-state index contributed by atoms with van der Waals surface area (Å²) >= 11 is 0. The van der Waals surface area contributed by atoms with E-state index in [0.29, 0.717) is 0 Å². The number of benzene rings is 1. The zero-order chi connectivity index (χ0) is 11.4. The van der Waals surface area contributed by atoms with E-state index in [0.717, 1.165) is 22.9 Å². The number of rotatable bonds is 1. The molecule has 0 fully saturated rings. The number of hydrogen-bond donors (Lipinski definition) is 1. The summed E-state index contributed by atoms with van der Waals surface area (Å²) in [6.45, 7) is 2.03. The molecular weight excluding hydrogens is 196 g/mol. The van der Waals surface area contributed by atoms with E-state index >= 15 is 0 Å². The van der Waals surface area contributed by atoms with E-state index in [1.807, 2.05) is 37.3 Å². The van der Waals surface area contributed by atoms with Crippen LogP contribution in [0, 0.1) is 11.8 Å². The molecule has 16 heavy (non-hydrogen) atoms. The molecule has 2 heteroatoms. The third-order valence-corrected chi connectivity index (χ3v) is 2.45. The molecule has 2 aromatic rings. The van der Waals surface area contributed by atoms with Crippen LogP contribution in [0.3, 0.4) is 0 Å². The van der Waals surface area contributed by atoms with Gasteiger partial charge in [-0.1, -0.05) is 30.9 Å². The minimum atomic E-state index is -0.0422. The molecule has 0 aliphatic carbocycles. The van der Waals surface area contributed by atoms with E-state index in [1.54, 1.807) is 6.20 Å². The first-order chi connectivity index (χ1) is 7.79. The van der Waals surface area contributed by atoms with Crippen LogP contribution in [0.4, 0.5) is 0 Å². The Kier molecular flexibility index (Phi) is 3.19. The Morgan fingerprint density at radius 2 is 2.25 bits per heavy atom. The zero-order valence-electron chi connectivity index (χ0n) is 9.27. The van der Waals surface area contributed by atoms with Crippen LogP contribution in [0.1, 0.15) is 18.9 Å². The molecule has 0 aliphatic heterocycles. The van der Waals surface area contributed by atoms with Gasteiger partial charge in [-0.15, -0.1) is 0 Å². The topological polar surface area (TPSA) is 38.9 Å². The number of hydrogen-bond acceptors (Lipinski definition) is 2. The van der Waals surface area contributed by atoms with Gasteiger partial charge in [0.1, 0.15) is 0 Å². The molecule has 0 amide bonds. The lowest BCUT2D eigenvalue weighted by molar-refractivity contribution is 0.806. The molecule has 80 valence electrons. The predicted octanol–water partition coefficient (Wildman–Crippen LogP) is 2.32. The second-order valence-corrected chi connectivity index (χ2v) is 3.69. The molecule has 1 aromatic carbocycles. The van der Waals surface area contributed by atoms with E-state index in [1.165, 1.54) is 0 Å². The van der Waals surface area contributed by atoms with Crippen LogP contribution in [0.25, 0.3) is 10.9 Å². The van der Waals surface area contributed by atoms with Gasteiger partial charge in [-0.2, -0.15) is 0 Å². The highest BCUT2D eigenvalue weighted by atomic mass is 14.6. The summed E-state index contributed by atoms with van der Waals surface area (Å²) in [4.78, 5) is 4.29. The van der Waals surface area contributed by atoms with E-state index in [4.69, 9.17) is 5.73 Å². The summed E-state index contributed by atoms with van der Waals surface area (Å²) in [6.07, 6.45) is 2.66. The lowest BCUT2D eigenvalue weighted by Gasteiger charge is -1.98. The first-order valence-electron chi connectivity index (χ1n) is 5.41. The predicted molar refractivity (Wildman–Crippen MR) is 66.9 cm³/mol. The van der Waals surface area contributed by atoms with E-state index < -0.39 is 0 Å². The monoisotopic (exact) mass is 210 g/mol. The van der Waals surface area contributed by atoms with Gasteiger partial charge in [0, 0.05) is 17.1 Å². The van der Waals surface area contributed by atoms with Crippen LogP contribution in [0.2, 0.25) is 0 Å². The molecule has 0 saturated heterocycles. The van der Waals surface area contributed by atoms with E-state index in [9.17, 15) is 0 Å². The van der Waals surface area contributed by atoms with Gasteiger partial charge < -0.3 is 5.73 Å². The van der Waals surface area contributed by atoms with Crippen molar-refractivity contribution in [1.82, 2.24) is 4.98 Å². The number of nitrogens with two attached hydrogens (primary N) is 1. The summed E-state index contributed by atoms with van der Waals surface area (Å²) in [7, 11) is 0. The molecule has 0 saturated carbocycles. The minimum absolute atomic E-state index is 0.0422. The molecule has 1 unspecified atom stereocenters. The van der Waals surface area contributed by atoms with Crippen molar-refractivity contribution < 1.29 is 0 Å². The van der Waals surface area contributed by atoms with Crippen molar-refractivity contribution in [3.8, 4) is 11.8 Å². The highest BCUT2D eigenvalue weighted by Crippen LogP contribution is 2.12. The molecule has 2 nitrogen and oxygen atoms in total. The zero-order valence-corrected chi connectivity index (χ0v) is 9.27. The maximum Gasteiger partial charge on any atom is 0.0714 e. The Hall–Kier alpha value is -1.85. The molecule has 1 aromatic heterocycles. The van der Waals surface area contributed by atoms with Crippen LogP contribution in [-0.2, 0) is 0 Å². The lowest BCUT2D eigenvalue weighted by Crippen LogP contribution is -2.15. The van der Waals surface area contributed by atoms with Crippen molar-refractivity contribution in [2.75, 3.05) is 0 Å². The van der Waals surface area contributed by atoms with Crippen molar-refractivity contribution >= 4 is 10.9 Å². The van der Waals surface area contributed by atoms with Gasteiger partial charge in [0.15, 0.2) is 0 Å². The summed E-state index contributed by atoms with van der Waals surface area (Å²) in [5, 5.41) is 1.13. The van der Waals surface area contributed by atoms with E-state index in [-0.39, 0.29) is 6.04 Å². The van der Waals surface area contributed by atoms with Crippen molar-refractivity contribution in [2.45, 2.75) is 19.4 Å². The smallest absolute Gasteiger partial charge is 0.0714 e. The van der Waals surface area contributed by atoms with Gasteiger partial charge in [0.25, 0.3) is 0 Å². The first-order valence-corrected chi connectivity index (χ1v) is 5.41. The minimum Gasteiger partial charge on any atom is -0.318 e. The Morgan fingerprint density at radius 3 is 3.06 bits per heavy atom. The molecular formula is C14H14N2. The van der Waals surface area contributed by atoms with Gasteiger partial charge in [0.05, 0.1) is 11.6 Å². The fraction of sp³-hybridized carbons (Fsp3) is 0.214. The third-order valence-electron chi connectivity index (χ3n) is 2.45. The van der Waals surface area contributed by atoms with Gasteiger partial charge in [-0.05, 0) is 24.6 Å². The fourth-order valence-electron chi connectivity index (χ4n) is 1.42. The largest absolute Gasteiger partial charge is 0.318 e. The summed E-state index contributed by atoms with van der Waals surface area (Å²) < 4.78 is 0. The molecule has 1 heterocycles. The fourth-order valence-corrected chi connectivity index (χ4v) is 1.42. The van der Waals surface area contributed by atoms with Crippen LogP contribution in [0.15, 0.2) is 36.5 Å².